The first kappa shape index (κ1) is 9.62. The quantitative estimate of drug-likeness (QED) is 0.725. The predicted molar refractivity (Wildman–Crippen MR) is 53.5 cm³/mol. The van der Waals surface area contributed by atoms with E-state index in [4.69, 9.17) is 0 Å². The van der Waals surface area contributed by atoms with Crippen molar-refractivity contribution in [2.75, 3.05) is 6.26 Å². The molecule has 0 fully saturated rings. The van der Waals surface area contributed by atoms with Crippen LogP contribution in [0.5, 0.6) is 0 Å². The second-order valence-corrected chi connectivity index (χ2v) is 3.51. The first-order valence-corrected chi connectivity index (χ1v) is 5.33. The summed E-state index contributed by atoms with van der Waals surface area (Å²) < 4.78 is 0. The van der Waals surface area contributed by atoms with Crippen LogP contribution in [0.2, 0.25) is 0 Å². The highest BCUT2D eigenvalue weighted by Crippen LogP contribution is 2.26. The predicted octanol–water partition coefficient (Wildman–Crippen LogP) is 2.85. The molecular weight excluding hydrogens is 168 g/mol. The zero-order valence-corrected chi connectivity index (χ0v) is 8.27. The Balaban J connectivity index is 2.96. The van der Waals surface area contributed by atoms with E-state index in [-0.39, 0.29) is 6.10 Å². The lowest BCUT2D eigenvalue weighted by Gasteiger charge is -2.11. The standard InChI is InChI=1S/C10H14OS/c1-3-9(11)8-6-4-5-7-10(8)12-2/h4-7,9,11H,3H2,1-2H3. The van der Waals surface area contributed by atoms with E-state index in [2.05, 4.69) is 0 Å². The molecule has 66 valence electrons. The zero-order chi connectivity index (χ0) is 8.97. The van der Waals surface area contributed by atoms with Gasteiger partial charge in [0.05, 0.1) is 6.10 Å². The van der Waals surface area contributed by atoms with E-state index in [1.165, 1.54) is 4.90 Å². The van der Waals surface area contributed by atoms with Crippen LogP contribution in [0.4, 0.5) is 0 Å². The molecule has 1 aromatic rings. The molecule has 0 saturated heterocycles. The maximum absolute atomic E-state index is 9.63. The summed E-state index contributed by atoms with van der Waals surface area (Å²) in [5.41, 5.74) is 1.05. The van der Waals surface area contributed by atoms with Gasteiger partial charge in [-0.15, -0.1) is 11.8 Å². The molecule has 0 amide bonds. The summed E-state index contributed by atoms with van der Waals surface area (Å²) in [6, 6.07) is 7.99. The minimum atomic E-state index is -0.311. The van der Waals surface area contributed by atoms with Crippen LogP contribution >= 0.6 is 11.8 Å². The average Bonchev–Trinajstić information content (AvgIpc) is 2.16. The van der Waals surface area contributed by atoms with Gasteiger partial charge in [-0.3, -0.25) is 0 Å². The van der Waals surface area contributed by atoms with Crippen molar-refractivity contribution < 1.29 is 5.11 Å². The average molecular weight is 182 g/mol. The molecule has 0 bridgehead atoms. The summed E-state index contributed by atoms with van der Waals surface area (Å²) in [6.45, 7) is 1.99. The summed E-state index contributed by atoms with van der Waals surface area (Å²) in [5, 5.41) is 9.63. The van der Waals surface area contributed by atoms with Gasteiger partial charge in [-0.1, -0.05) is 25.1 Å². The molecule has 0 saturated carbocycles. The molecule has 1 rings (SSSR count). The van der Waals surface area contributed by atoms with Crippen LogP contribution in [0, 0.1) is 0 Å². The first-order chi connectivity index (χ1) is 5.79. The Bertz CT molecular complexity index is 247. The summed E-state index contributed by atoms with van der Waals surface area (Å²) >= 11 is 1.68. The van der Waals surface area contributed by atoms with Gasteiger partial charge in [0, 0.05) is 4.90 Å². The monoisotopic (exact) mass is 182 g/mol. The molecule has 1 unspecified atom stereocenters. The van der Waals surface area contributed by atoms with E-state index < -0.39 is 0 Å². The maximum atomic E-state index is 9.63. The van der Waals surface area contributed by atoms with Gasteiger partial charge in [0.15, 0.2) is 0 Å². The molecule has 2 heteroatoms. The van der Waals surface area contributed by atoms with Gasteiger partial charge in [0.25, 0.3) is 0 Å². The lowest BCUT2D eigenvalue weighted by molar-refractivity contribution is 0.171. The molecule has 1 nitrogen and oxygen atoms in total. The van der Waals surface area contributed by atoms with Gasteiger partial charge in [-0.2, -0.15) is 0 Å². The van der Waals surface area contributed by atoms with Gasteiger partial charge in [0.2, 0.25) is 0 Å². The van der Waals surface area contributed by atoms with Crippen LogP contribution in [0.25, 0.3) is 0 Å². The van der Waals surface area contributed by atoms with Gasteiger partial charge in [-0.05, 0) is 24.3 Å². The minimum Gasteiger partial charge on any atom is -0.388 e. The third-order valence-electron chi connectivity index (χ3n) is 1.88. The Morgan fingerprint density at radius 2 is 2.08 bits per heavy atom. The number of hydrogen-bond acceptors (Lipinski definition) is 2. The van der Waals surface area contributed by atoms with Gasteiger partial charge < -0.3 is 5.11 Å². The van der Waals surface area contributed by atoms with Crippen LogP contribution in [0.15, 0.2) is 29.2 Å². The third kappa shape index (κ3) is 2.02. The van der Waals surface area contributed by atoms with Crippen LogP contribution < -0.4 is 0 Å². The number of aliphatic hydroxyl groups is 1. The number of benzene rings is 1. The van der Waals surface area contributed by atoms with Crippen molar-refractivity contribution in [3.8, 4) is 0 Å². The molecule has 0 aliphatic heterocycles. The van der Waals surface area contributed by atoms with Crippen molar-refractivity contribution >= 4 is 11.8 Å². The lowest BCUT2D eigenvalue weighted by Crippen LogP contribution is -1.96. The van der Waals surface area contributed by atoms with Crippen molar-refractivity contribution in [3.05, 3.63) is 29.8 Å². The number of thioether (sulfide) groups is 1. The van der Waals surface area contributed by atoms with Crippen LogP contribution in [0.3, 0.4) is 0 Å². The van der Waals surface area contributed by atoms with Gasteiger partial charge >= 0.3 is 0 Å². The molecule has 0 radical (unpaired) electrons. The fraction of sp³-hybridized carbons (Fsp3) is 0.400. The maximum Gasteiger partial charge on any atom is 0.0798 e. The molecule has 0 aliphatic carbocycles. The van der Waals surface area contributed by atoms with Crippen molar-refractivity contribution in [2.24, 2.45) is 0 Å². The van der Waals surface area contributed by atoms with Crippen LogP contribution in [-0.4, -0.2) is 11.4 Å². The molecule has 0 aromatic heterocycles. The molecular formula is C10H14OS. The highest BCUT2D eigenvalue weighted by atomic mass is 32.2. The summed E-state index contributed by atoms with van der Waals surface area (Å²) in [7, 11) is 0. The minimum absolute atomic E-state index is 0.311. The van der Waals surface area contributed by atoms with E-state index >= 15 is 0 Å². The van der Waals surface area contributed by atoms with Crippen molar-refractivity contribution in [3.63, 3.8) is 0 Å². The van der Waals surface area contributed by atoms with Crippen molar-refractivity contribution in [1.29, 1.82) is 0 Å². The number of hydrogen-bond donors (Lipinski definition) is 1. The number of rotatable bonds is 3. The molecule has 0 spiro atoms. The summed E-state index contributed by atoms with van der Waals surface area (Å²) in [5.74, 6) is 0. The molecule has 0 aliphatic rings. The molecule has 12 heavy (non-hydrogen) atoms. The van der Waals surface area contributed by atoms with Crippen molar-refractivity contribution in [2.45, 2.75) is 24.3 Å². The smallest absolute Gasteiger partial charge is 0.0798 e. The normalized spacial score (nSPS) is 12.9. The fourth-order valence-electron chi connectivity index (χ4n) is 1.16. The van der Waals surface area contributed by atoms with E-state index in [1.807, 2.05) is 37.4 Å². The van der Waals surface area contributed by atoms with E-state index in [0.29, 0.717) is 0 Å². The highest BCUT2D eigenvalue weighted by molar-refractivity contribution is 7.98. The van der Waals surface area contributed by atoms with Crippen LogP contribution in [0.1, 0.15) is 25.0 Å². The Morgan fingerprint density at radius 1 is 1.42 bits per heavy atom. The summed E-state index contributed by atoms with van der Waals surface area (Å²) in [6.07, 6.45) is 2.49. The van der Waals surface area contributed by atoms with Gasteiger partial charge in [0.1, 0.15) is 0 Å². The highest BCUT2D eigenvalue weighted by Gasteiger charge is 2.07. The van der Waals surface area contributed by atoms with Crippen molar-refractivity contribution in [1.82, 2.24) is 0 Å². The SMILES string of the molecule is CCC(O)c1ccccc1SC. The van der Waals surface area contributed by atoms with Crippen LogP contribution in [-0.2, 0) is 0 Å². The van der Waals surface area contributed by atoms with E-state index in [9.17, 15) is 5.11 Å². The zero-order valence-electron chi connectivity index (χ0n) is 7.45. The van der Waals surface area contributed by atoms with Gasteiger partial charge in [-0.25, -0.2) is 0 Å². The second-order valence-electron chi connectivity index (χ2n) is 2.67. The molecule has 1 N–H and O–H groups in total. The third-order valence-corrected chi connectivity index (χ3v) is 2.70. The largest absolute Gasteiger partial charge is 0.388 e. The van der Waals surface area contributed by atoms with E-state index in [0.717, 1.165) is 12.0 Å². The molecule has 1 aromatic carbocycles. The molecule has 0 heterocycles. The Kier molecular flexibility index (Phi) is 3.63. The Hall–Kier alpha value is -0.470. The lowest BCUT2D eigenvalue weighted by atomic mass is 10.1. The number of aliphatic hydroxyl groups excluding tert-OH is 1. The Morgan fingerprint density at radius 3 is 2.67 bits per heavy atom. The summed E-state index contributed by atoms with van der Waals surface area (Å²) in [4.78, 5) is 1.17. The van der Waals surface area contributed by atoms with E-state index in [1.54, 1.807) is 11.8 Å². The topological polar surface area (TPSA) is 20.2 Å². The molecule has 1 atom stereocenters. The first-order valence-electron chi connectivity index (χ1n) is 4.10. The Labute approximate surface area is 77.8 Å². The second kappa shape index (κ2) is 4.53. The fourth-order valence-corrected chi connectivity index (χ4v) is 1.82.